The smallest absolute Gasteiger partial charge is 0.301 e. The molecule has 4 aromatic rings. The number of thiazole rings is 1. The number of nitro benzene ring substituents is 1. The van der Waals surface area contributed by atoms with Crippen LogP contribution in [0.2, 0.25) is 5.02 Å². The largest absolute Gasteiger partial charge is 0.507 e. The van der Waals surface area contributed by atoms with Crippen molar-refractivity contribution in [1.29, 1.82) is 0 Å². The zero-order valence-electron chi connectivity index (χ0n) is 18.8. The molecule has 0 bridgehead atoms. The van der Waals surface area contributed by atoms with Crippen molar-refractivity contribution in [2.75, 3.05) is 4.90 Å². The van der Waals surface area contributed by atoms with Gasteiger partial charge >= 0.3 is 5.91 Å². The van der Waals surface area contributed by atoms with Crippen LogP contribution in [0.1, 0.15) is 29.7 Å². The zero-order valence-corrected chi connectivity index (χ0v) is 20.4. The van der Waals surface area contributed by atoms with E-state index < -0.39 is 28.4 Å². The number of aryl methyl sites for hydroxylation is 1. The number of aromatic nitrogens is 1. The molecule has 1 N–H and O–H groups in total. The number of Topliss-reactive ketones (excluding diaryl/α,β-unsaturated/α-hetero) is 1. The number of carbonyl (C=O) groups excluding carboxylic acids is 2. The van der Waals surface area contributed by atoms with E-state index >= 15 is 0 Å². The summed E-state index contributed by atoms with van der Waals surface area (Å²) in [4.78, 5) is 43.3. The highest BCUT2D eigenvalue weighted by atomic mass is 35.5. The molecule has 2 heterocycles. The van der Waals surface area contributed by atoms with E-state index in [0.29, 0.717) is 16.1 Å². The second-order valence-electron chi connectivity index (χ2n) is 8.18. The van der Waals surface area contributed by atoms with Crippen LogP contribution in [-0.4, -0.2) is 26.7 Å². The normalized spacial score (nSPS) is 17.2. The summed E-state index contributed by atoms with van der Waals surface area (Å²) in [5.74, 6) is -2.19. The molecule has 0 radical (unpaired) electrons. The molecular formula is C26H18ClN3O5S. The molecule has 8 nitrogen and oxygen atoms in total. The maximum atomic E-state index is 13.4. The number of non-ortho nitro benzene ring substituents is 1. The Morgan fingerprint density at radius 2 is 1.89 bits per heavy atom. The van der Waals surface area contributed by atoms with Crippen LogP contribution in [0.15, 0.2) is 72.3 Å². The summed E-state index contributed by atoms with van der Waals surface area (Å²) in [6, 6.07) is 16.5. The van der Waals surface area contributed by atoms with Gasteiger partial charge < -0.3 is 5.11 Å². The monoisotopic (exact) mass is 519 g/mol. The van der Waals surface area contributed by atoms with Crippen LogP contribution < -0.4 is 4.90 Å². The maximum Gasteiger partial charge on any atom is 0.301 e. The second kappa shape index (κ2) is 9.18. The molecule has 0 saturated carbocycles. The van der Waals surface area contributed by atoms with Gasteiger partial charge in [0.25, 0.3) is 11.5 Å². The Morgan fingerprint density at radius 3 is 2.58 bits per heavy atom. The number of carbonyl (C=O) groups is 2. The number of aliphatic hydroxyl groups excluding tert-OH is 1. The van der Waals surface area contributed by atoms with Crippen LogP contribution in [0, 0.1) is 10.1 Å². The van der Waals surface area contributed by atoms with E-state index in [0.717, 1.165) is 16.7 Å². The van der Waals surface area contributed by atoms with Gasteiger partial charge in [0.2, 0.25) is 0 Å². The number of anilines is 1. The van der Waals surface area contributed by atoms with Crippen LogP contribution in [0.5, 0.6) is 0 Å². The summed E-state index contributed by atoms with van der Waals surface area (Å²) in [5.41, 5.74) is 1.94. The fourth-order valence-electron chi connectivity index (χ4n) is 4.20. The lowest BCUT2D eigenvalue weighted by molar-refractivity contribution is -0.384. The number of benzene rings is 3. The third-order valence-corrected chi connectivity index (χ3v) is 7.28. The molecule has 0 spiro atoms. The number of rotatable bonds is 5. The number of halogens is 1. The van der Waals surface area contributed by atoms with E-state index in [1.54, 1.807) is 18.2 Å². The lowest BCUT2D eigenvalue weighted by Gasteiger charge is -2.22. The van der Waals surface area contributed by atoms with Crippen molar-refractivity contribution < 1.29 is 19.6 Å². The molecular weight excluding hydrogens is 502 g/mol. The predicted molar refractivity (Wildman–Crippen MR) is 138 cm³/mol. The minimum Gasteiger partial charge on any atom is -0.507 e. The number of nitrogens with zero attached hydrogens (tertiary/aromatic N) is 3. The first kappa shape index (κ1) is 23.7. The molecule has 1 saturated heterocycles. The van der Waals surface area contributed by atoms with E-state index in [1.807, 2.05) is 25.1 Å². The van der Waals surface area contributed by atoms with Gasteiger partial charge in [0.1, 0.15) is 5.76 Å². The van der Waals surface area contributed by atoms with Crippen LogP contribution >= 0.6 is 22.9 Å². The number of ketones is 1. The highest BCUT2D eigenvalue weighted by Crippen LogP contribution is 2.45. The first-order chi connectivity index (χ1) is 17.3. The number of amides is 1. The summed E-state index contributed by atoms with van der Waals surface area (Å²) in [5, 5.41) is 23.3. The van der Waals surface area contributed by atoms with Crippen molar-refractivity contribution in [3.63, 3.8) is 0 Å². The number of fused-ring (bicyclic) bond motifs is 1. The molecule has 5 rings (SSSR count). The highest BCUT2D eigenvalue weighted by molar-refractivity contribution is 7.22. The number of hydrogen-bond acceptors (Lipinski definition) is 7. The van der Waals surface area contributed by atoms with E-state index in [4.69, 9.17) is 11.6 Å². The molecule has 36 heavy (non-hydrogen) atoms. The van der Waals surface area contributed by atoms with Crippen molar-refractivity contribution in [3.05, 3.63) is 104 Å². The summed E-state index contributed by atoms with van der Waals surface area (Å²) in [6.07, 6.45) is 0.822. The Morgan fingerprint density at radius 1 is 1.14 bits per heavy atom. The predicted octanol–water partition coefficient (Wildman–Crippen LogP) is 6.05. The SMILES string of the molecule is CCc1ccc2nc(N3C(=O)C(=O)/C(=C(/O)c4ccc(Cl)cc4)C3c3cccc([N+](=O)[O-])c3)sc2c1. The van der Waals surface area contributed by atoms with Gasteiger partial charge in [-0.25, -0.2) is 4.98 Å². The lowest BCUT2D eigenvalue weighted by Crippen LogP contribution is -2.29. The first-order valence-corrected chi connectivity index (χ1v) is 12.2. The molecule has 1 aliphatic heterocycles. The van der Waals surface area contributed by atoms with Crippen molar-refractivity contribution in [2.45, 2.75) is 19.4 Å². The number of aliphatic hydroxyl groups is 1. The van der Waals surface area contributed by atoms with Crippen LogP contribution in [0.3, 0.4) is 0 Å². The second-order valence-corrected chi connectivity index (χ2v) is 9.63. The van der Waals surface area contributed by atoms with Crippen LogP contribution in [0.4, 0.5) is 10.8 Å². The molecule has 3 aromatic carbocycles. The van der Waals surface area contributed by atoms with Gasteiger partial charge in [-0.2, -0.15) is 0 Å². The zero-order chi connectivity index (χ0) is 25.6. The van der Waals surface area contributed by atoms with Crippen LogP contribution in [-0.2, 0) is 16.0 Å². The fraction of sp³-hybridized carbons (Fsp3) is 0.115. The average molecular weight is 520 g/mol. The standard InChI is InChI=1S/C26H18ClN3O5S/c1-2-14-6-11-19-20(12-14)36-26(28-19)29-22(16-4-3-5-18(13-16)30(34)35)21(24(32)25(29)33)23(31)15-7-9-17(27)10-8-15/h3-13,22,31H,2H2,1H3/b23-21+. The summed E-state index contributed by atoms with van der Waals surface area (Å²) in [6.45, 7) is 2.03. The summed E-state index contributed by atoms with van der Waals surface area (Å²) >= 11 is 7.20. The number of nitro groups is 1. The van der Waals surface area contributed by atoms with Gasteiger partial charge in [-0.1, -0.05) is 48.1 Å². The van der Waals surface area contributed by atoms with E-state index in [1.165, 1.54) is 46.6 Å². The Kier molecular flexibility index (Phi) is 6.03. The van der Waals surface area contributed by atoms with E-state index in [-0.39, 0.29) is 22.0 Å². The number of hydrogen-bond donors (Lipinski definition) is 1. The van der Waals surface area contributed by atoms with Crippen molar-refractivity contribution >= 4 is 61.4 Å². The quantitative estimate of drug-likeness (QED) is 0.113. The highest BCUT2D eigenvalue weighted by Gasteiger charge is 2.48. The van der Waals surface area contributed by atoms with Gasteiger partial charge in [0, 0.05) is 22.7 Å². The van der Waals surface area contributed by atoms with Crippen molar-refractivity contribution in [1.82, 2.24) is 4.98 Å². The van der Waals surface area contributed by atoms with Crippen molar-refractivity contribution in [2.24, 2.45) is 0 Å². The van der Waals surface area contributed by atoms with Gasteiger partial charge in [-0.15, -0.1) is 0 Å². The topological polar surface area (TPSA) is 114 Å². The molecule has 180 valence electrons. The fourth-order valence-corrected chi connectivity index (χ4v) is 5.38. The summed E-state index contributed by atoms with van der Waals surface area (Å²) in [7, 11) is 0. The molecule has 1 fully saturated rings. The van der Waals surface area contributed by atoms with Gasteiger partial charge in [0.15, 0.2) is 5.13 Å². The van der Waals surface area contributed by atoms with Gasteiger partial charge in [-0.05, 0) is 53.9 Å². The Balaban J connectivity index is 1.74. The molecule has 1 amide bonds. The molecule has 0 aliphatic carbocycles. The molecule has 1 atom stereocenters. The first-order valence-electron chi connectivity index (χ1n) is 11.0. The maximum absolute atomic E-state index is 13.4. The Labute approximate surface area is 214 Å². The average Bonchev–Trinajstić information content (AvgIpc) is 3.41. The van der Waals surface area contributed by atoms with Crippen molar-refractivity contribution in [3.8, 4) is 0 Å². The molecule has 1 aliphatic rings. The summed E-state index contributed by atoms with van der Waals surface area (Å²) < 4.78 is 0.835. The van der Waals surface area contributed by atoms with Crippen LogP contribution in [0.25, 0.3) is 16.0 Å². The lowest BCUT2D eigenvalue weighted by atomic mass is 9.95. The minimum atomic E-state index is -1.12. The Bertz CT molecular complexity index is 1580. The minimum absolute atomic E-state index is 0.184. The third-order valence-electron chi connectivity index (χ3n) is 6.01. The van der Waals surface area contributed by atoms with E-state index in [2.05, 4.69) is 4.98 Å². The molecule has 1 aromatic heterocycles. The van der Waals surface area contributed by atoms with E-state index in [9.17, 15) is 24.8 Å². The Hall–Kier alpha value is -4.08. The third kappa shape index (κ3) is 4.02. The van der Waals surface area contributed by atoms with Gasteiger partial charge in [0.05, 0.1) is 26.8 Å². The molecule has 1 unspecified atom stereocenters. The van der Waals surface area contributed by atoms with Gasteiger partial charge in [-0.3, -0.25) is 24.6 Å². The molecule has 10 heteroatoms.